The van der Waals surface area contributed by atoms with Gasteiger partial charge in [0.1, 0.15) is 0 Å². The molecule has 5 N–H and O–H groups in total. The molecule has 21 heavy (non-hydrogen) atoms. The van der Waals surface area contributed by atoms with E-state index >= 15 is 0 Å². The minimum Gasteiger partial charge on any atom is -0.330 e. The lowest BCUT2D eigenvalue weighted by Gasteiger charge is -2.07. The first kappa shape index (κ1) is 19.9. The van der Waals surface area contributed by atoms with Crippen molar-refractivity contribution in [2.45, 2.75) is 25.8 Å². The van der Waals surface area contributed by atoms with E-state index in [1.165, 1.54) is 16.8 Å². The van der Waals surface area contributed by atoms with Gasteiger partial charge in [0.05, 0.1) is 0 Å². The van der Waals surface area contributed by atoms with Crippen LogP contribution in [-0.2, 0) is 6.54 Å². The van der Waals surface area contributed by atoms with Crippen LogP contribution in [0, 0.1) is 0 Å². The number of nitrogens with one attached hydrogen (secondary N) is 3. The summed E-state index contributed by atoms with van der Waals surface area (Å²) < 4.78 is 1.51. The zero-order valence-electron chi connectivity index (χ0n) is 12.3. The van der Waals surface area contributed by atoms with Gasteiger partial charge in [-0.15, -0.1) is 12.4 Å². The molecule has 7 nitrogen and oxygen atoms in total. The number of rotatable bonds is 11. The second kappa shape index (κ2) is 12.6. The van der Waals surface area contributed by atoms with Gasteiger partial charge in [-0.05, 0) is 52.0 Å². The van der Waals surface area contributed by atoms with Gasteiger partial charge in [0.25, 0.3) is 5.56 Å². The van der Waals surface area contributed by atoms with Gasteiger partial charge in [-0.2, -0.15) is 0 Å². The zero-order valence-corrected chi connectivity index (χ0v) is 13.1. The Balaban J connectivity index is 0.00000400. The normalized spacial score (nSPS) is 10.3. The highest BCUT2D eigenvalue weighted by Crippen LogP contribution is 1.84. The van der Waals surface area contributed by atoms with Crippen LogP contribution in [0.25, 0.3) is 0 Å². The summed E-state index contributed by atoms with van der Waals surface area (Å²) >= 11 is 0. The molecule has 0 fully saturated rings. The van der Waals surface area contributed by atoms with Crippen molar-refractivity contribution in [3.05, 3.63) is 33.1 Å². The van der Waals surface area contributed by atoms with Gasteiger partial charge < -0.3 is 20.9 Å². The number of aryl methyl sites for hydroxylation is 1. The van der Waals surface area contributed by atoms with Crippen molar-refractivity contribution in [3.8, 4) is 0 Å². The van der Waals surface area contributed by atoms with E-state index in [2.05, 4.69) is 15.6 Å². The number of aromatic amines is 1. The summed E-state index contributed by atoms with van der Waals surface area (Å²) in [6.07, 6.45) is 4.47. The molecule has 1 aromatic heterocycles. The topological polar surface area (TPSA) is 105 Å². The minimum absolute atomic E-state index is 0. The third-order valence-corrected chi connectivity index (χ3v) is 2.91. The van der Waals surface area contributed by atoms with Crippen LogP contribution in [0.15, 0.2) is 21.9 Å². The van der Waals surface area contributed by atoms with E-state index in [-0.39, 0.29) is 23.7 Å². The molecule has 0 aliphatic carbocycles. The molecule has 0 unspecified atom stereocenters. The van der Waals surface area contributed by atoms with Gasteiger partial charge in [-0.1, -0.05) is 0 Å². The minimum atomic E-state index is -0.355. The molecule has 0 aliphatic rings. The van der Waals surface area contributed by atoms with Crippen LogP contribution in [0.4, 0.5) is 0 Å². The van der Waals surface area contributed by atoms with Gasteiger partial charge >= 0.3 is 5.69 Å². The van der Waals surface area contributed by atoms with Crippen LogP contribution in [0.1, 0.15) is 19.3 Å². The molecule has 1 aromatic rings. The van der Waals surface area contributed by atoms with Crippen LogP contribution in [-0.4, -0.2) is 42.3 Å². The fourth-order valence-electron chi connectivity index (χ4n) is 1.81. The van der Waals surface area contributed by atoms with Gasteiger partial charge in [-0.25, -0.2) is 4.79 Å². The lowest BCUT2D eigenvalue weighted by Crippen LogP contribution is -2.30. The van der Waals surface area contributed by atoms with Crippen molar-refractivity contribution >= 4 is 12.4 Å². The third kappa shape index (κ3) is 9.41. The van der Waals surface area contributed by atoms with E-state index in [1.54, 1.807) is 0 Å². The molecule has 0 bridgehead atoms. The van der Waals surface area contributed by atoms with Crippen molar-refractivity contribution in [3.63, 3.8) is 0 Å². The molecule has 0 radical (unpaired) electrons. The maximum atomic E-state index is 11.4. The molecule has 0 spiro atoms. The molecular formula is C13H26ClN5O2. The average Bonchev–Trinajstić information content (AvgIpc) is 2.43. The van der Waals surface area contributed by atoms with Crippen LogP contribution in [0.2, 0.25) is 0 Å². The molecular weight excluding hydrogens is 294 g/mol. The van der Waals surface area contributed by atoms with E-state index in [9.17, 15) is 9.59 Å². The number of halogens is 1. The molecule has 122 valence electrons. The number of hydrogen-bond acceptors (Lipinski definition) is 5. The first-order valence-corrected chi connectivity index (χ1v) is 7.15. The molecule has 0 aromatic carbocycles. The summed E-state index contributed by atoms with van der Waals surface area (Å²) in [6, 6.07) is 1.36. The van der Waals surface area contributed by atoms with Gasteiger partial charge in [0.15, 0.2) is 0 Å². The van der Waals surface area contributed by atoms with Crippen LogP contribution in [0.3, 0.4) is 0 Å². The lowest BCUT2D eigenvalue weighted by molar-refractivity contribution is 0.541. The Bertz CT molecular complexity index is 474. The summed E-state index contributed by atoms with van der Waals surface area (Å²) in [4.78, 5) is 24.5. The first-order valence-electron chi connectivity index (χ1n) is 7.15. The highest BCUT2D eigenvalue weighted by atomic mass is 35.5. The molecule has 1 heterocycles. The van der Waals surface area contributed by atoms with E-state index in [0.29, 0.717) is 6.54 Å². The molecule has 8 heteroatoms. The monoisotopic (exact) mass is 319 g/mol. The van der Waals surface area contributed by atoms with E-state index in [4.69, 9.17) is 5.73 Å². The second-order valence-electron chi connectivity index (χ2n) is 4.65. The molecule has 0 aliphatic heterocycles. The van der Waals surface area contributed by atoms with Crippen molar-refractivity contribution in [2.75, 3.05) is 32.7 Å². The van der Waals surface area contributed by atoms with Crippen LogP contribution >= 0.6 is 12.4 Å². The van der Waals surface area contributed by atoms with Gasteiger partial charge in [0, 0.05) is 18.8 Å². The highest BCUT2D eigenvalue weighted by molar-refractivity contribution is 5.85. The number of nitrogens with zero attached hydrogens (tertiary/aromatic N) is 1. The SMILES string of the molecule is Cl.NCCCNCCCNCCCn1ccc(=O)[nH]c1=O. The summed E-state index contributed by atoms with van der Waals surface area (Å²) in [7, 11) is 0. The van der Waals surface area contributed by atoms with Crippen LogP contribution in [0.5, 0.6) is 0 Å². The second-order valence-corrected chi connectivity index (χ2v) is 4.65. The summed E-state index contributed by atoms with van der Waals surface area (Å²) in [5.41, 5.74) is 4.69. The fourth-order valence-corrected chi connectivity index (χ4v) is 1.81. The summed E-state index contributed by atoms with van der Waals surface area (Å²) in [5, 5.41) is 6.64. The number of H-pyrrole nitrogens is 1. The van der Waals surface area contributed by atoms with Gasteiger partial charge in [0.2, 0.25) is 0 Å². The molecule has 0 atom stereocenters. The molecule has 1 rings (SSSR count). The smallest absolute Gasteiger partial charge is 0.328 e. The average molecular weight is 320 g/mol. The predicted molar refractivity (Wildman–Crippen MR) is 87.2 cm³/mol. The Morgan fingerprint density at radius 3 is 2.29 bits per heavy atom. The Morgan fingerprint density at radius 2 is 1.67 bits per heavy atom. The fraction of sp³-hybridized carbons (Fsp3) is 0.692. The number of hydrogen-bond donors (Lipinski definition) is 4. The number of aromatic nitrogens is 2. The quantitative estimate of drug-likeness (QED) is 0.402. The Kier molecular flexibility index (Phi) is 11.9. The third-order valence-electron chi connectivity index (χ3n) is 2.91. The molecule has 0 amide bonds. The van der Waals surface area contributed by atoms with Crippen molar-refractivity contribution in [2.24, 2.45) is 5.73 Å². The zero-order chi connectivity index (χ0) is 14.6. The van der Waals surface area contributed by atoms with Crippen molar-refractivity contribution in [1.29, 1.82) is 0 Å². The summed E-state index contributed by atoms with van der Waals surface area (Å²) in [5.74, 6) is 0. The number of nitrogens with two attached hydrogens (primary N) is 1. The largest absolute Gasteiger partial charge is 0.330 e. The highest BCUT2D eigenvalue weighted by Gasteiger charge is 1.96. The van der Waals surface area contributed by atoms with Crippen molar-refractivity contribution in [1.82, 2.24) is 20.2 Å². The maximum absolute atomic E-state index is 11.4. The van der Waals surface area contributed by atoms with E-state index in [1.807, 2.05) is 0 Å². The Labute approximate surface area is 130 Å². The Morgan fingerprint density at radius 1 is 1.05 bits per heavy atom. The standard InChI is InChI=1S/C13H25N5O2.ClH/c14-5-1-6-15-7-2-8-16-9-3-10-18-11-4-12(19)17-13(18)20;/h4,11,15-16H,1-3,5-10,14H2,(H,17,19,20);1H. The first-order chi connectivity index (χ1) is 9.74. The summed E-state index contributed by atoms with van der Waals surface area (Å²) in [6.45, 7) is 5.12. The van der Waals surface area contributed by atoms with Gasteiger partial charge in [-0.3, -0.25) is 9.78 Å². The molecule has 0 saturated heterocycles. The van der Waals surface area contributed by atoms with E-state index in [0.717, 1.165) is 52.0 Å². The predicted octanol–water partition coefficient (Wildman–Crippen LogP) is -0.733. The van der Waals surface area contributed by atoms with E-state index < -0.39 is 0 Å². The van der Waals surface area contributed by atoms with Crippen molar-refractivity contribution < 1.29 is 0 Å². The van der Waals surface area contributed by atoms with Crippen LogP contribution < -0.4 is 27.6 Å². The Hall–Kier alpha value is -1.15. The molecule has 0 saturated carbocycles. The maximum Gasteiger partial charge on any atom is 0.328 e. The lowest BCUT2D eigenvalue weighted by atomic mass is 10.3.